The van der Waals surface area contributed by atoms with Crippen molar-refractivity contribution in [1.82, 2.24) is 0 Å². The summed E-state index contributed by atoms with van der Waals surface area (Å²) in [5.74, 6) is 1.73. The molecule has 14 atom stereocenters. The molecule has 12 aromatic carbocycles. The molecule has 1 heterocycles. The number of rotatable bonds is 16. The molecule has 4 aliphatic carbocycles. The highest BCUT2D eigenvalue weighted by Crippen LogP contribution is 2.68. The average Bonchev–Trinajstić information content (AvgIpc) is 1.69. The van der Waals surface area contributed by atoms with Gasteiger partial charge in [0, 0.05) is 0 Å². The van der Waals surface area contributed by atoms with Crippen LogP contribution in [0.25, 0.3) is 86.2 Å². The van der Waals surface area contributed by atoms with Gasteiger partial charge in [-0.15, -0.1) is 0 Å². The first-order valence-electron chi connectivity index (χ1n) is 38.0. The number of carbonyl (C=O) groups excluding carboxylic acids is 4. The van der Waals surface area contributed by atoms with Crippen LogP contribution in [0.1, 0.15) is 147 Å². The molecule has 0 amide bonds. The minimum atomic E-state index is -1.65. The second-order valence-corrected chi connectivity index (χ2v) is 31.9. The Labute approximate surface area is 608 Å². The Hall–Kier alpha value is -9.74. The first-order valence-corrected chi connectivity index (χ1v) is 38.0. The molecule has 0 N–H and O–H groups in total. The fourth-order valence-electron chi connectivity index (χ4n) is 19.9. The van der Waals surface area contributed by atoms with E-state index in [9.17, 15) is 0 Å². The second-order valence-electron chi connectivity index (χ2n) is 31.9. The van der Waals surface area contributed by atoms with Crippen molar-refractivity contribution in [3.8, 4) is 0 Å². The lowest BCUT2D eigenvalue weighted by molar-refractivity contribution is -0.310. The maximum atomic E-state index is 16.0. The zero-order chi connectivity index (χ0) is 71.1. The van der Waals surface area contributed by atoms with Gasteiger partial charge in [-0.3, -0.25) is 0 Å². The number of hydrogen-bond donors (Lipinski definition) is 0. The Balaban J connectivity index is 0.775. The largest absolute Gasteiger partial charge is 0.459 e. The Morgan fingerprint density at radius 2 is 0.865 bits per heavy atom. The van der Waals surface area contributed by atoms with Gasteiger partial charge in [0.15, 0.2) is 24.6 Å². The van der Waals surface area contributed by atoms with Crippen LogP contribution >= 0.6 is 0 Å². The first kappa shape index (κ1) is 67.4. The van der Waals surface area contributed by atoms with Crippen LogP contribution in [0.15, 0.2) is 230 Å². The molecule has 4 fully saturated rings. The van der Waals surface area contributed by atoms with E-state index in [1.165, 1.54) is 44.1 Å². The van der Waals surface area contributed by atoms with Gasteiger partial charge in [0.1, 0.15) is 12.7 Å². The van der Waals surface area contributed by atoms with Crippen molar-refractivity contribution in [2.45, 2.75) is 143 Å². The van der Waals surface area contributed by atoms with E-state index in [0.717, 1.165) is 89.3 Å². The van der Waals surface area contributed by atoms with E-state index >= 15 is 19.2 Å². The van der Waals surface area contributed by atoms with Gasteiger partial charge >= 0.3 is 23.9 Å². The standard InChI is InChI=1S/C94H90O10/c1-55(2)56(3)35-36-57(4)81-39-40-82-76-38-37-70-53-71(41-43-93(70,5)83(76)42-44-94(81,82)6)100-92-87(104-91(98)75-34-18-30-69-48-61-22-10-14-26-65(61)52-80(69)75)86(103-90(97)74-33-17-29-68-47-60-21-9-13-25-64(60)51-79(68)74)85(102-89(96)73-32-16-28-67-46-59-20-8-12-24-63(59)50-78(67)73)84(101-92)54-99-88(95)72-31-15-27-66-45-58-19-7-11-23-62(58)49-77(66)72/h7-34,37,45-52,55-57,71,76,81-87,92H,35-36,38-44,53-54H2,1-6H3/t56-,57-,71+,76+,81-,82+,83+,84-,85-,86+,87-,92-,93+,94-/m1/s1. The van der Waals surface area contributed by atoms with E-state index in [4.69, 9.17) is 28.4 Å². The van der Waals surface area contributed by atoms with Crippen LogP contribution in [-0.2, 0) is 28.4 Å². The molecule has 10 heteroatoms. The maximum Gasteiger partial charge on any atom is 0.339 e. The number of benzene rings is 12. The number of ether oxygens (including phenoxy) is 6. The van der Waals surface area contributed by atoms with E-state index in [-0.39, 0.29) is 22.1 Å². The van der Waals surface area contributed by atoms with Gasteiger partial charge in [-0.1, -0.05) is 212 Å². The third-order valence-corrected chi connectivity index (χ3v) is 25.9. The van der Waals surface area contributed by atoms with Gasteiger partial charge in [-0.25, -0.2) is 19.2 Å². The van der Waals surface area contributed by atoms with Crippen LogP contribution in [-0.4, -0.2) is 67.3 Å². The third-order valence-electron chi connectivity index (χ3n) is 25.9. The quantitative estimate of drug-likeness (QED) is 0.0400. The molecular weight excluding hydrogens is 1290 g/mol. The molecule has 3 saturated carbocycles. The summed E-state index contributed by atoms with van der Waals surface area (Å²) in [6, 6.07) is 70.1. The molecule has 1 aliphatic heterocycles. The second kappa shape index (κ2) is 27.4. The zero-order valence-electron chi connectivity index (χ0n) is 60.2. The summed E-state index contributed by atoms with van der Waals surface area (Å²) in [6.07, 6.45) is 5.18. The van der Waals surface area contributed by atoms with E-state index in [1.807, 2.05) is 182 Å². The van der Waals surface area contributed by atoms with Crippen LogP contribution in [0.5, 0.6) is 0 Å². The molecule has 17 rings (SSSR count). The van der Waals surface area contributed by atoms with Gasteiger partial charge in [-0.2, -0.15) is 0 Å². The van der Waals surface area contributed by atoms with Gasteiger partial charge in [-0.05, 0) is 263 Å². The highest BCUT2D eigenvalue weighted by atomic mass is 16.7. The van der Waals surface area contributed by atoms with Gasteiger partial charge in [0.05, 0.1) is 28.4 Å². The lowest BCUT2D eigenvalue weighted by Crippen LogP contribution is -2.63. The van der Waals surface area contributed by atoms with Crippen molar-refractivity contribution < 1.29 is 47.6 Å². The number of carbonyl (C=O) groups is 4. The monoisotopic (exact) mass is 1380 g/mol. The molecule has 0 radical (unpaired) electrons. The van der Waals surface area contributed by atoms with E-state index in [0.29, 0.717) is 75.0 Å². The zero-order valence-corrected chi connectivity index (χ0v) is 60.2. The summed E-state index contributed by atoms with van der Waals surface area (Å²) in [5, 5.41) is 13.6. The Morgan fingerprint density at radius 1 is 0.442 bits per heavy atom. The third kappa shape index (κ3) is 12.3. The number of esters is 4. The highest BCUT2D eigenvalue weighted by Gasteiger charge is 2.60. The predicted molar refractivity (Wildman–Crippen MR) is 415 cm³/mol. The normalized spacial score (nSPS) is 25.9. The fourth-order valence-corrected chi connectivity index (χ4v) is 19.9. The molecular formula is C94H90O10. The first-order chi connectivity index (χ1) is 50.5. The van der Waals surface area contributed by atoms with Crippen molar-refractivity contribution in [3.05, 3.63) is 252 Å². The molecule has 526 valence electrons. The van der Waals surface area contributed by atoms with E-state index < -0.39 is 67.3 Å². The summed E-state index contributed by atoms with van der Waals surface area (Å²) in [5.41, 5.74) is 2.69. The highest BCUT2D eigenvalue weighted by molar-refractivity contribution is 6.12. The van der Waals surface area contributed by atoms with E-state index in [1.54, 1.807) is 24.3 Å². The molecule has 12 aromatic rings. The molecule has 1 saturated heterocycles. The average molecular weight is 1380 g/mol. The molecule has 0 unspecified atom stereocenters. The topological polar surface area (TPSA) is 124 Å². The van der Waals surface area contributed by atoms with Crippen LogP contribution < -0.4 is 0 Å². The van der Waals surface area contributed by atoms with Gasteiger partial charge in [0.2, 0.25) is 0 Å². The maximum absolute atomic E-state index is 16.0. The molecule has 5 aliphatic rings. The molecule has 104 heavy (non-hydrogen) atoms. The van der Waals surface area contributed by atoms with Gasteiger partial charge < -0.3 is 28.4 Å². The predicted octanol–water partition coefficient (Wildman–Crippen LogP) is 22.1. The summed E-state index contributed by atoms with van der Waals surface area (Å²) in [7, 11) is 0. The van der Waals surface area contributed by atoms with Crippen molar-refractivity contribution in [1.29, 1.82) is 0 Å². The molecule has 0 spiro atoms. The Bertz CT molecular complexity index is 5420. The molecule has 0 bridgehead atoms. The van der Waals surface area contributed by atoms with Crippen molar-refractivity contribution in [2.75, 3.05) is 6.61 Å². The summed E-state index contributed by atoms with van der Waals surface area (Å²) >= 11 is 0. The van der Waals surface area contributed by atoms with Crippen LogP contribution in [0.2, 0.25) is 0 Å². The minimum absolute atomic E-state index is 0.0575. The molecule has 0 aromatic heterocycles. The smallest absolute Gasteiger partial charge is 0.339 e. The van der Waals surface area contributed by atoms with Crippen LogP contribution in [0.3, 0.4) is 0 Å². The lowest BCUT2D eigenvalue weighted by Gasteiger charge is -2.58. The van der Waals surface area contributed by atoms with E-state index in [2.05, 4.69) is 59.8 Å². The Morgan fingerprint density at radius 3 is 1.33 bits per heavy atom. The van der Waals surface area contributed by atoms with Crippen molar-refractivity contribution >= 4 is 110 Å². The summed E-state index contributed by atoms with van der Waals surface area (Å²) in [6.45, 7) is 14.4. The van der Waals surface area contributed by atoms with Crippen molar-refractivity contribution in [2.24, 2.45) is 52.3 Å². The summed E-state index contributed by atoms with van der Waals surface area (Å²) < 4.78 is 42.5. The fraction of sp³-hybridized carbons (Fsp3) is 0.340. The number of hydrogen-bond acceptors (Lipinski definition) is 10. The summed E-state index contributed by atoms with van der Waals surface area (Å²) in [4.78, 5) is 62.8. The lowest BCUT2D eigenvalue weighted by atomic mass is 9.47. The number of allylic oxidation sites excluding steroid dienone is 1. The Kier molecular flexibility index (Phi) is 17.8. The number of fused-ring (bicyclic) bond motifs is 13. The molecule has 10 nitrogen and oxygen atoms in total. The SMILES string of the molecule is CC(C)[C@H](C)CC[C@@H](C)[C@H]1CC[C@H]2[C@@H]3CC=C4C[C@@H](O[C@@H]5O[C@H](COC(=O)c6cccc7cc8ccccc8cc67)[C@@H](OC(=O)c6cccc7cc8ccccc8cc67)[C@H](OC(=O)c6cccc7cc8ccccc8cc67)[C@H]5OC(=O)c5cccc6cc7ccccc7cc56)CC[C@]4(C)[C@H]3CC[C@]12C. The van der Waals surface area contributed by atoms with Crippen molar-refractivity contribution in [3.63, 3.8) is 0 Å². The van der Waals surface area contributed by atoms with Gasteiger partial charge in [0.25, 0.3) is 0 Å². The van der Waals surface area contributed by atoms with Crippen LogP contribution in [0.4, 0.5) is 0 Å². The minimum Gasteiger partial charge on any atom is -0.459 e. The van der Waals surface area contributed by atoms with Crippen LogP contribution in [0, 0.1) is 52.3 Å².